The predicted molar refractivity (Wildman–Crippen MR) is 101 cm³/mol. The largest absolute Gasteiger partial charge is 0.355 e. The molecule has 0 bridgehead atoms. The molecule has 1 saturated heterocycles. The molecule has 2 aliphatic heterocycles. The highest BCUT2D eigenvalue weighted by molar-refractivity contribution is 6.31. The van der Waals surface area contributed by atoms with Crippen LogP contribution in [0.3, 0.4) is 0 Å². The molecule has 2 aliphatic rings. The van der Waals surface area contributed by atoms with Gasteiger partial charge in [-0.2, -0.15) is 0 Å². The van der Waals surface area contributed by atoms with Gasteiger partial charge in [0.15, 0.2) is 0 Å². The molecule has 124 valence electrons. The van der Waals surface area contributed by atoms with Crippen LogP contribution in [0.25, 0.3) is 0 Å². The van der Waals surface area contributed by atoms with Crippen molar-refractivity contribution in [3.8, 4) is 0 Å². The van der Waals surface area contributed by atoms with Crippen molar-refractivity contribution < 1.29 is 0 Å². The minimum absolute atomic E-state index is 0.707. The number of fused-ring (bicyclic) bond motifs is 2. The van der Waals surface area contributed by atoms with Crippen molar-refractivity contribution >= 4 is 34.5 Å². The highest BCUT2D eigenvalue weighted by atomic mass is 35.5. The summed E-state index contributed by atoms with van der Waals surface area (Å²) in [6.07, 6.45) is 1.12. The van der Waals surface area contributed by atoms with Gasteiger partial charge < -0.3 is 15.5 Å². The molecule has 0 saturated carbocycles. The third-order valence-corrected chi connectivity index (χ3v) is 4.75. The fourth-order valence-corrected chi connectivity index (χ4v) is 3.44. The van der Waals surface area contributed by atoms with Gasteiger partial charge in [-0.25, -0.2) is 4.99 Å². The number of hydrogen-bond donors (Lipinski definition) is 2. The minimum atomic E-state index is 0.707. The molecule has 4 rings (SSSR count). The molecule has 0 spiro atoms. The zero-order valence-electron chi connectivity index (χ0n) is 13.8. The summed E-state index contributed by atoms with van der Waals surface area (Å²) in [6.45, 7) is 6.13. The van der Waals surface area contributed by atoms with E-state index in [1.54, 1.807) is 0 Å². The van der Waals surface area contributed by atoms with Gasteiger partial charge >= 0.3 is 0 Å². The number of rotatable bonds is 0. The number of hydrogen-bond acceptors (Lipinski definition) is 4. The summed E-state index contributed by atoms with van der Waals surface area (Å²) in [7, 11) is 0. The molecule has 4 nitrogen and oxygen atoms in total. The maximum atomic E-state index is 6.21. The monoisotopic (exact) mass is 340 g/mol. The topological polar surface area (TPSA) is 39.7 Å². The average Bonchev–Trinajstić information content (AvgIpc) is 2.92. The smallest absolute Gasteiger partial charge is 0.138 e. The summed E-state index contributed by atoms with van der Waals surface area (Å²) in [4.78, 5) is 7.40. The maximum absolute atomic E-state index is 6.21. The Morgan fingerprint density at radius 1 is 1.04 bits per heavy atom. The standard InChI is InChI=1S/C19H21ClN4/c1-13-3-5-16-15(11-13)19(24-9-2-7-21-8-10-24)23-18-12-14(20)4-6-17(18)22-16/h3-6,11-12,21-22H,2,7-10H2,1H3. The van der Waals surface area contributed by atoms with Gasteiger partial charge in [0.05, 0.1) is 11.4 Å². The third-order valence-electron chi connectivity index (χ3n) is 4.51. The quantitative estimate of drug-likeness (QED) is 0.759. The third kappa shape index (κ3) is 2.99. The number of nitrogens with zero attached hydrogens (tertiary/aromatic N) is 2. The first-order valence-corrected chi connectivity index (χ1v) is 8.80. The summed E-state index contributed by atoms with van der Waals surface area (Å²) < 4.78 is 0. The molecule has 2 aromatic rings. The maximum Gasteiger partial charge on any atom is 0.138 e. The Morgan fingerprint density at radius 2 is 1.92 bits per heavy atom. The van der Waals surface area contributed by atoms with Crippen LogP contribution in [0.5, 0.6) is 0 Å². The number of aryl methyl sites for hydroxylation is 1. The first-order valence-electron chi connectivity index (χ1n) is 8.43. The number of anilines is 2. The van der Waals surface area contributed by atoms with Crippen LogP contribution in [0.4, 0.5) is 17.1 Å². The SMILES string of the molecule is Cc1ccc2c(c1)C(N1CCCNCC1)=Nc1cc(Cl)ccc1N2. The van der Waals surface area contributed by atoms with E-state index >= 15 is 0 Å². The lowest BCUT2D eigenvalue weighted by Gasteiger charge is -2.25. The van der Waals surface area contributed by atoms with Crippen molar-refractivity contribution in [1.82, 2.24) is 10.2 Å². The average molecular weight is 341 g/mol. The van der Waals surface area contributed by atoms with Crippen LogP contribution < -0.4 is 10.6 Å². The van der Waals surface area contributed by atoms with E-state index in [9.17, 15) is 0 Å². The van der Waals surface area contributed by atoms with Crippen LogP contribution in [-0.4, -0.2) is 36.9 Å². The van der Waals surface area contributed by atoms with Crippen molar-refractivity contribution in [2.45, 2.75) is 13.3 Å². The molecular formula is C19H21ClN4. The van der Waals surface area contributed by atoms with E-state index in [4.69, 9.17) is 16.6 Å². The highest BCUT2D eigenvalue weighted by Gasteiger charge is 2.22. The first kappa shape index (κ1) is 15.5. The summed E-state index contributed by atoms with van der Waals surface area (Å²) in [5, 5.41) is 7.70. The second kappa shape index (κ2) is 6.46. The molecule has 0 radical (unpaired) electrons. The second-order valence-electron chi connectivity index (χ2n) is 6.36. The van der Waals surface area contributed by atoms with Crippen molar-refractivity contribution in [3.63, 3.8) is 0 Å². The summed E-state index contributed by atoms with van der Waals surface area (Å²) >= 11 is 6.21. The molecule has 0 unspecified atom stereocenters. The number of amidine groups is 1. The van der Waals surface area contributed by atoms with Gasteiger partial charge in [-0.05, 0) is 50.2 Å². The predicted octanol–water partition coefficient (Wildman–Crippen LogP) is 4.08. The normalized spacial score (nSPS) is 17.1. The van der Waals surface area contributed by atoms with Gasteiger partial charge in [-0.3, -0.25) is 0 Å². The van der Waals surface area contributed by atoms with Gasteiger partial charge in [-0.15, -0.1) is 0 Å². The van der Waals surface area contributed by atoms with Crippen molar-refractivity contribution in [2.75, 3.05) is 31.5 Å². The molecular weight excluding hydrogens is 320 g/mol. The molecule has 2 N–H and O–H groups in total. The van der Waals surface area contributed by atoms with Crippen LogP contribution in [-0.2, 0) is 0 Å². The highest BCUT2D eigenvalue weighted by Crippen LogP contribution is 2.36. The fourth-order valence-electron chi connectivity index (χ4n) is 3.27. The minimum Gasteiger partial charge on any atom is -0.355 e. The zero-order chi connectivity index (χ0) is 16.5. The van der Waals surface area contributed by atoms with Gasteiger partial charge in [0.1, 0.15) is 5.84 Å². The van der Waals surface area contributed by atoms with Gasteiger partial charge in [0.2, 0.25) is 0 Å². The summed E-state index contributed by atoms with van der Waals surface area (Å²) in [5.41, 5.74) is 5.37. The van der Waals surface area contributed by atoms with Crippen LogP contribution in [0.15, 0.2) is 41.4 Å². The number of aliphatic imine (C=N–C) groups is 1. The van der Waals surface area contributed by atoms with E-state index in [0.29, 0.717) is 5.02 Å². The molecule has 24 heavy (non-hydrogen) atoms. The van der Waals surface area contributed by atoms with E-state index in [0.717, 1.165) is 61.1 Å². The van der Waals surface area contributed by atoms with Crippen molar-refractivity contribution in [2.24, 2.45) is 4.99 Å². The fraction of sp³-hybridized carbons (Fsp3) is 0.316. The Bertz CT molecular complexity index is 792. The second-order valence-corrected chi connectivity index (χ2v) is 6.80. The zero-order valence-corrected chi connectivity index (χ0v) is 14.5. The van der Waals surface area contributed by atoms with Crippen molar-refractivity contribution in [3.05, 3.63) is 52.5 Å². The van der Waals surface area contributed by atoms with E-state index in [1.807, 2.05) is 18.2 Å². The first-order chi connectivity index (χ1) is 11.7. The van der Waals surface area contributed by atoms with E-state index < -0.39 is 0 Å². The number of halogens is 1. The number of nitrogens with one attached hydrogen (secondary N) is 2. The summed E-state index contributed by atoms with van der Waals surface area (Å²) in [6, 6.07) is 12.3. The van der Waals surface area contributed by atoms with Crippen LogP contribution >= 0.6 is 11.6 Å². The van der Waals surface area contributed by atoms with Gasteiger partial charge in [-0.1, -0.05) is 23.2 Å². The van der Waals surface area contributed by atoms with Gasteiger partial charge in [0, 0.05) is 35.9 Å². The molecule has 0 aromatic heterocycles. The lowest BCUT2D eigenvalue weighted by Crippen LogP contribution is -2.35. The van der Waals surface area contributed by atoms with Gasteiger partial charge in [0.25, 0.3) is 0 Å². The summed E-state index contributed by atoms with van der Waals surface area (Å²) in [5.74, 6) is 1.03. The Labute approximate surface area is 147 Å². The van der Waals surface area contributed by atoms with Crippen molar-refractivity contribution in [1.29, 1.82) is 0 Å². The molecule has 5 heteroatoms. The van der Waals surface area contributed by atoms with E-state index in [2.05, 4.69) is 40.7 Å². The van der Waals surface area contributed by atoms with E-state index in [-0.39, 0.29) is 0 Å². The molecule has 0 atom stereocenters. The molecule has 2 aromatic carbocycles. The van der Waals surface area contributed by atoms with E-state index in [1.165, 1.54) is 5.56 Å². The van der Waals surface area contributed by atoms with Crippen LogP contribution in [0.2, 0.25) is 5.02 Å². The number of benzene rings is 2. The molecule has 0 amide bonds. The van der Waals surface area contributed by atoms with Crippen LogP contribution in [0.1, 0.15) is 17.5 Å². The Morgan fingerprint density at radius 3 is 2.83 bits per heavy atom. The molecule has 1 fully saturated rings. The Balaban J connectivity index is 1.87. The lowest BCUT2D eigenvalue weighted by molar-refractivity contribution is 0.447. The molecule has 0 aliphatic carbocycles. The Kier molecular flexibility index (Phi) is 4.17. The van der Waals surface area contributed by atoms with Crippen LogP contribution in [0, 0.1) is 6.92 Å². The Hall–Kier alpha value is -2.04. The molecule has 2 heterocycles. The lowest BCUT2D eigenvalue weighted by atomic mass is 10.1.